The SMILES string of the molecule is Cc1cc(Cl)c(O)c(CN)c1F. The molecule has 0 spiro atoms. The molecule has 12 heavy (non-hydrogen) atoms. The molecule has 0 bridgehead atoms. The molecule has 3 N–H and O–H groups in total. The standard InChI is InChI=1S/C8H9ClFNO/c1-4-2-6(9)8(12)5(3-11)7(4)10/h2,12H,3,11H2,1H3. The van der Waals surface area contributed by atoms with Gasteiger partial charge in [0, 0.05) is 12.1 Å². The Morgan fingerprint density at radius 2 is 2.25 bits per heavy atom. The van der Waals surface area contributed by atoms with E-state index in [1.165, 1.54) is 6.07 Å². The summed E-state index contributed by atoms with van der Waals surface area (Å²) < 4.78 is 13.1. The zero-order chi connectivity index (χ0) is 9.30. The van der Waals surface area contributed by atoms with Gasteiger partial charge in [-0.1, -0.05) is 11.6 Å². The number of hydrogen-bond acceptors (Lipinski definition) is 2. The lowest BCUT2D eigenvalue weighted by atomic mass is 10.1. The van der Waals surface area contributed by atoms with Crippen molar-refractivity contribution < 1.29 is 9.50 Å². The Kier molecular flexibility index (Phi) is 2.55. The van der Waals surface area contributed by atoms with Crippen molar-refractivity contribution >= 4 is 11.6 Å². The Balaban J connectivity index is 3.42. The average molecular weight is 190 g/mol. The molecule has 0 aromatic heterocycles. The second-order valence-corrected chi connectivity index (χ2v) is 2.93. The zero-order valence-electron chi connectivity index (χ0n) is 6.56. The van der Waals surface area contributed by atoms with Gasteiger partial charge in [-0.25, -0.2) is 4.39 Å². The van der Waals surface area contributed by atoms with Crippen molar-refractivity contribution in [1.29, 1.82) is 0 Å². The van der Waals surface area contributed by atoms with E-state index in [1.807, 2.05) is 0 Å². The van der Waals surface area contributed by atoms with E-state index < -0.39 is 5.82 Å². The van der Waals surface area contributed by atoms with Gasteiger partial charge in [-0.15, -0.1) is 0 Å². The van der Waals surface area contributed by atoms with E-state index >= 15 is 0 Å². The summed E-state index contributed by atoms with van der Waals surface area (Å²) >= 11 is 5.60. The minimum Gasteiger partial charge on any atom is -0.506 e. The first kappa shape index (κ1) is 9.29. The van der Waals surface area contributed by atoms with Crippen LogP contribution in [0.25, 0.3) is 0 Å². The lowest BCUT2D eigenvalue weighted by Crippen LogP contribution is -2.02. The van der Waals surface area contributed by atoms with Crippen LogP contribution in [0.1, 0.15) is 11.1 Å². The molecule has 1 rings (SSSR count). The number of rotatable bonds is 1. The third-order valence-corrected chi connectivity index (χ3v) is 1.96. The summed E-state index contributed by atoms with van der Waals surface area (Å²) in [5.74, 6) is -0.748. The van der Waals surface area contributed by atoms with Crippen LogP contribution in [0.5, 0.6) is 5.75 Å². The van der Waals surface area contributed by atoms with E-state index in [2.05, 4.69) is 0 Å². The third kappa shape index (κ3) is 1.38. The third-order valence-electron chi connectivity index (χ3n) is 1.67. The molecule has 0 atom stereocenters. The Hall–Kier alpha value is -0.800. The number of aryl methyl sites for hydroxylation is 1. The first-order valence-electron chi connectivity index (χ1n) is 3.44. The zero-order valence-corrected chi connectivity index (χ0v) is 7.32. The first-order valence-corrected chi connectivity index (χ1v) is 3.82. The summed E-state index contributed by atoms with van der Waals surface area (Å²) in [6.07, 6.45) is 0. The maximum Gasteiger partial charge on any atom is 0.141 e. The lowest BCUT2D eigenvalue weighted by molar-refractivity contribution is 0.458. The van der Waals surface area contributed by atoms with Crippen LogP contribution in [0.3, 0.4) is 0 Å². The monoisotopic (exact) mass is 189 g/mol. The van der Waals surface area contributed by atoms with Crippen LogP contribution < -0.4 is 5.73 Å². The predicted octanol–water partition coefficient (Wildman–Crippen LogP) is 1.95. The molecule has 1 aromatic carbocycles. The van der Waals surface area contributed by atoms with Crippen LogP contribution >= 0.6 is 11.6 Å². The van der Waals surface area contributed by atoms with Gasteiger partial charge in [0.05, 0.1) is 5.02 Å². The van der Waals surface area contributed by atoms with Gasteiger partial charge in [-0.2, -0.15) is 0 Å². The van der Waals surface area contributed by atoms with Crippen LogP contribution in [0.2, 0.25) is 5.02 Å². The summed E-state index contributed by atoms with van der Waals surface area (Å²) in [5, 5.41) is 9.38. The molecule has 2 nitrogen and oxygen atoms in total. The summed E-state index contributed by atoms with van der Waals surface area (Å²) in [5.41, 5.74) is 5.69. The van der Waals surface area contributed by atoms with Gasteiger partial charge in [0.15, 0.2) is 0 Å². The van der Waals surface area contributed by atoms with Crippen molar-refractivity contribution in [1.82, 2.24) is 0 Å². The quantitative estimate of drug-likeness (QED) is 0.710. The average Bonchev–Trinajstić information content (AvgIpc) is 2.02. The van der Waals surface area contributed by atoms with Gasteiger partial charge in [0.2, 0.25) is 0 Å². The van der Waals surface area contributed by atoms with E-state index in [1.54, 1.807) is 6.92 Å². The van der Waals surface area contributed by atoms with Gasteiger partial charge < -0.3 is 10.8 Å². The van der Waals surface area contributed by atoms with E-state index in [4.69, 9.17) is 17.3 Å². The van der Waals surface area contributed by atoms with E-state index in [-0.39, 0.29) is 22.9 Å². The number of halogens is 2. The van der Waals surface area contributed by atoms with Crippen LogP contribution in [-0.2, 0) is 6.54 Å². The molecule has 66 valence electrons. The molecule has 0 aliphatic rings. The van der Waals surface area contributed by atoms with Crippen molar-refractivity contribution in [3.63, 3.8) is 0 Å². The highest BCUT2D eigenvalue weighted by atomic mass is 35.5. The molecule has 0 aliphatic carbocycles. The highest BCUT2D eigenvalue weighted by molar-refractivity contribution is 6.32. The molecule has 0 saturated heterocycles. The molecule has 1 aromatic rings. The predicted molar refractivity (Wildman–Crippen MR) is 45.7 cm³/mol. The summed E-state index contributed by atoms with van der Waals surface area (Å²) in [4.78, 5) is 0. The summed E-state index contributed by atoms with van der Waals surface area (Å²) in [6, 6.07) is 1.37. The van der Waals surface area contributed by atoms with Gasteiger partial charge in [-0.05, 0) is 18.6 Å². The number of nitrogens with two attached hydrogens (primary N) is 1. The van der Waals surface area contributed by atoms with Gasteiger partial charge in [-0.3, -0.25) is 0 Å². The molecular weight excluding hydrogens is 181 g/mol. The van der Waals surface area contributed by atoms with E-state index in [0.717, 1.165) is 0 Å². The smallest absolute Gasteiger partial charge is 0.141 e. The number of hydrogen-bond donors (Lipinski definition) is 2. The Morgan fingerprint density at radius 3 is 2.75 bits per heavy atom. The molecule has 0 heterocycles. The fourth-order valence-corrected chi connectivity index (χ4v) is 1.27. The normalized spacial score (nSPS) is 10.3. The van der Waals surface area contributed by atoms with Crippen molar-refractivity contribution in [2.45, 2.75) is 13.5 Å². The number of phenolic OH excluding ortho intramolecular Hbond substituents is 1. The van der Waals surface area contributed by atoms with Crippen LogP contribution in [0.4, 0.5) is 4.39 Å². The maximum atomic E-state index is 13.1. The largest absolute Gasteiger partial charge is 0.506 e. The topological polar surface area (TPSA) is 46.2 Å². The van der Waals surface area contributed by atoms with Crippen LogP contribution in [0.15, 0.2) is 6.07 Å². The fraction of sp³-hybridized carbons (Fsp3) is 0.250. The minimum absolute atomic E-state index is 0.0565. The molecule has 0 saturated carbocycles. The number of benzene rings is 1. The van der Waals surface area contributed by atoms with Crippen LogP contribution in [-0.4, -0.2) is 5.11 Å². The highest BCUT2D eigenvalue weighted by Gasteiger charge is 2.12. The van der Waals surface area contributed by atoms with Gasteiger partial charge >= 0.3 is 0 Å². The van der Waals surface area contributed by atoms with Gasteiger partial charge in [0.25, 0.3) is 0 Å². The second kappa shape index (κ2) is 3.29. The number of phenols is 1. The van der Waals surface area contributed by atoms with E-state index in [0.29, 0.717) is 5.56 Å². The van der Waals surface area contributed by atoms with Crippen LogP contribution in [0, 0.1) is 12.7 Å². The summed E-state index contributed by atoms with van der Waals surface area (Å²) in [6.45, 7) is 1.51. The molecule has 0 fully saturated rings. The summed E-state index contributed by atoms with van der Waals surface area (Å²) in [7, 11) is 0. The fourth-order valence-electron chi connectivity index (χ4n) is 0.994. The maximum absolute atomic E-state index is 13.1. The first-order chi connectivity index (χ1) is 5.57. The molecular formula is C8H9ClFNO. The highest BCUT2D eigenvalue weighted by Crippen LogP contribution is 2.31. The van der Waals surface area contributed by atoms with Gasteiger partial charge in [0.1, 0.15) is 11.6 Å². The Morgan fingerprint density at radius 1 is 1.67 bits per heavy atom. The van der Waals surface area contributed by atoms with Crippen molar-refractivity contribution in [2.75, 3.05) is 0 Å². The number of aromatic hydroxyl groups is 1. The van der Waals surface area contributed by atoms with Crippen molar-refractivity contribution in [3.8, 4) is 5.75 Å². The Bertz CT molecular complexity index is 288. The van der Waals surface area contributed by atoms with E-state index in [9.17, 15) is 9.50 Å². The second-order valence-electron chi connectivity index (χ2n) is 2.52. The molecule has 0 aliphatic heterocycles. The molecule has 0 amide bonds. The van der Waals surface area contributed by atoms with Crippen molar-refractivity contribution in [2.24, 2.45) is 5.73 Å². The molecule has 0 radical (unpaired) electrons. The minimum atomic E-state index is -0.487. The lowest BCUT2D eigenvalue weighted by Gasteiger charge is -2.07. The molecule has 0 unspecified atom stereocenters. The molecule has 4 heteroatoms. The van der Waals surface area contributed by atoms with Crippen molar-refractivity contribution in [3.05, 3.63) is 28.0 Å². The Labute approximate surface area is 74.8 Å².